The van der Waals surface area contributed by atoms with Crippen LogP contribution in [0.3, 0.4) is 0 Å². The van der Waals surface area contributed by atoms with Crippen LogP contribution in [0.15, 0.2) is 72.8 Å². The van der Waals surface area contributed by atoms with E-state index in [0.29, 0.717) is 0 Å². The summed E-state index contributed by atoms with van der Waals surface area (Å²) in [6.45, 7) is 5.93. The maximum Gasteiger partial charge on any atom is 0.267 e. The molecule has 2 aromatic rings. The monoisotopic (exact) mass is 409 g/mol. The molecule has 0 saturated carbocycles. The highest BCUT2D eigenvalue weighted by molar-refractivity contribution is 7.80. The largest absolute Gasteiger partial charge is 0.452 e. The van der Waals surface area contributed by atoms with E-state index < -0.39 is 11.7 Å². The number of hydrogen-bond donors (Lipinski definition) is 1. The van der Waals surface area contributed by atoms with Crippen molar-refractivity contribution in [2.45, 2.75) is 44.9 Å². The van der Waals surface area contributed by atoms with E-state index in [2.05, 4.69) is 13.8 Å². The van der Waals surface area contributed by atoms with Crippen LogP contribution < -0.4 is 0 Å². The molecule has 1 amide bonds. The van der Waals surface area contributed by atoms with E-state index in [-0.39, 0.29) is 29.5 Å². The van der Waals surface area contributed by atoms with E-state index >= 15 is 0 Å². The van der Waals surface area contributed by atoms with Crippen LogP contribution in [0.5, 0.6) is 0 Å². The summed E-state index contributed by atoms with van der Waals surface area (Å²) in [5.41, 5.74) is 0.975. The zero-order chi connectivity index (χ0) is 21.0. The van der Waals surface area contributed by atoms with Crippen molar-refractivity contribution in [2.24, 2.45) is 5.92 Å². The molecule has 4 nitrogen and oxygen atoms in total. The number of aliphatic hydroxyl groups is 1. The minimum atomic E-state index is -0.908. The van der Waals surface area contributed by atoms with Gasteiger partial charge in [-0.1, -0.05) is 86.7 Å². The van der Waals surface area contributed by atoms with E-state index in [1.54, 1.807) is 17.1 Å². The Hall–Kier alpha value is -2.50. The highest BCUT2D eigenvalue weighted by Crippen LogP contribution is 2.47. The topological polar surface area (TPSA) is 49.8 Å². The fourth-order valence-electron chi connectivity index (χ4n) is 4.13. The highest BCUT2D eigenvalue weighted by atomic mass is 32.1. The molecule has 1 N–H and O–H groups in total. The average Bonchev–Trinajstić information content (AvgIpc) is 3.04. The van der Waals surface area contributed by atoms with Crippen molar-refractivity contribution in [3.8, 4) is 0 Å². The average molecular weight is 410 g/mol. The number of carbonyl (C=O) groups is 1. The summed E-state index contributed by atoms with van der Waals surface area (Å²) in [5, 5.41) is 10.3. The summed E-state index contributed by atoms with van der Waals surface area (Å²) in [5.74, 6) is -0.188. The lowest BCUT2D eigenvalue weighted by Crippen LogP contribution is -2.50. The Bertz CT molecular complexity index is 840. The van der Waals surface area contributed by atoms with Gasteiger partial charge >= 0.3 is 0 Å². The quantitative estimate of drug-likeness (QED) is 0.567. The van der Waals surface area contributed by atoms with Gasteiger partial charge in [-0.3, -0.25) is 9.69 Å². The molecule has 29 heavy (non-hydrogen) atoms. The predicted molar refractivity (Wildman–Crippen MR) is 118 cm³/mol. The standard InChI is InChI=1S/C24H27NO3S/c1-4-11-20(26)16-21(27)25-22(17(2)3)24(28-23(25)29,18-12-7-5-8-13-18)19-14-9-6-10-15-19/h4-15,17,20,22,26H,16H2,1-3H3/b11-4+/t20-,22+/m1/s1. The minimum absolute atomic E-state index is 0.0449. The fraction of sp³-hybridized carbons (Fsp3) is 0.333. The molecular weight excluding hydrogens is 382 g/mol. The van der Waals surface area contributed by atoms with Gasteiger partial charge in [-0.15, -0.1) is 0 Å². The summed E-state index contributed by atoms with van der Waals surface area (Å²) in [4.78, 5) is 14.7. The van der Waals surface area contributed by atoms with Crippen LogP contribution in [0.25, 0.3) is 0 Å². The third-order valence-electron chi connectivity index (χ3n) is 5.24. The number of rotatable bonds is 6. The summed E-state index contributed by atoms with van der Waals surface area (Å²) >= 11 is 5.56. The number of nitrogens with zero attached hydrogens (tertiary/aromatic N) is 1. The Morgan fingerprint density at radius 1 is 1.14 bits per heavy atom. The van der Waals surface area contributed by atoms with Crippen LogP contribution in [-0.2, 0) is 15.1 Å². The van der Waals surface area contributed by atoms with Crippen LogP contribution >= 0.6 is 12.2 Å². The lowest BCUT2D eigenvalue weighted by Gasteiger charge is -2.38. The Kier molecular flexibility index (Phi) is 6.50. The summed E-state index contributed by atoms with van der Waals surface area (Å²) < 4.78 is 6.41. The van der Waals surface area contributed by atoms with E-state index in [0.717, 1.165) is 11.1 Å². The number of aliphatic hydroxyl groups excluding tert-OH is 1. The number of carbonyl (C=O) groups excluding carboxylic acids is 1. The van der Waals surface area contributed by atoms with Crippen molar-refractivity contribution in [2.75, 3.05) is 0 Å². The van der Waals surface area contributed by atoms with Crippen molar-refractivity contribution in [3.63, 3.8) is 0 Å². The molecule has 5 heteroatoms. The van der Waals surface area contributed by atoms with Crippen molar-refractivity contribution in [3.05, 3.63) is 83.9 Å². The number of ether oxygens (including phenoxy) is 1. The first-order chi connectivity index (χ1) is 13.9. The van der Waals surface area contributed by atoms with E-state index in [4.69, 9.17) is 17.0 Å². The SMILES string of the molecule is C/C=C/[C@@H](O)CC(=O)N1C(=S)OC(c2ccccc2)(c2ccccc2)[C@@H]1C(C)C. The Morgan fingerprint density at radius 3 is 2.10 bits per heavy atom. The molecule has 152 valence electrons. The minimum Gasteiger partial charge on any atom is -0.452 e. The molecule has 0 bridgehead atoms. The zero-order valence-corrected chi connectivity index (χ0v) is 17.8. The lowest BCUT2D eigenvalue weighted by atomic mass is 9.75. The van der Waals surface area contributed by atoms with Crippen LogP contribution in [0, 0.1) is 5.92 Å². The molecule has 1 aliphatic rings. The third kappa shape index (κ3) is 3.98. The number of benzene rings is 2. The third-order valence-corrected chi connectivity index (χ3v) is 5.52. The molecule has 2 atom stereocenters. The molecule has 0 aromatic heterocycles. The molecule has 1 heterocycles. The van der Waals surface area contributed by atoms with Gasteiger partial charge in [-0.25, -0.2) is 0 Å². The van der Waals surface area contributed by atoms with Crippen molar-refractivity contribution >= 4 is 23.3 Å². The van der Waals surface area contributed by atoms with Crippen molar-refractivity contribution in [1.82, 2.24) is 4.90 Å². The van der Waals surface area contributed by atoms with Crippen molar-refractivity contribution < 1.29 is 14.6 Å². The molecule has 1 fully saturated rings. The second kappa shape index (κ2) is 8.89. The van der Waals surface area contributed by atoms with Gasteiger partial charge in [0, 0.05) is 11.1 Å². The maximum absolute atomic E-state index is 13.2. The number of allylic oxidation sites excluding steroid dienone is 1. The first-order valence-corrected chi connectivity index (χ1v) is 10.3. The molecule has 1 aliphatic heterocycles. The van der Waals surface area contributed by atoms with Crippen LogP contribution in [0.1, 0.15) is 38.3 Å². The van der Waals surface area contributed by atoms with Crippen molar-refractivity contribution in [1.29, 1.82) is 0 Å². The molecule has 0 radical (unpaired) electrons. The van der Waals surface area contributed by atoms with Gasteiger partial charge in [0.1, 0.15) is 0 Å². The molecule has 0 spiro atoms. The van der Waals surface area contributed by atoms with Gasteiger partial charge in [0.2, 0.25) is 5.91 Å². The molecule has 1 saturated heterocycles. The Labute approximate surface area is 177 Å². The van der Waals surface area contributed by atoms with Gasteiger partial charge in [0.15, 0.2) is 5.60 Å². The van der Waals surface area contributed by atoms with E-state index in [9.17, 15) is 9.90 Å². The first-order valence-electron chi connectivity index (χ1n) is 9.88. The number of thiocarbonyl (C=S) groups is 1. The summed E-state index contributed by atoms with van der Waals surface area (Å²) in [7, 11) is 0. The summed E-state index contributed by atoms with van der Waals surface area (Å²) in [6.07, 6.45) is 2.43. The first kappa shape index (κ1) is 21.2. The highest BCUT2D eigenvalue weighted by Gasteiger charge is 2.57. The maximum atomic E-state index is 13.2. The molecule has 0 aliphatic carbocycles. The summed E-state index contributed by atoms with van der Waals surface area (Å²) in [6, 6.07) is 19.4. The van der Waals surface area contributed by atoms with Crippen LogP contribution in [0.4, 0.5) is 0 Å². The molecule has 3 rings (SSSR count). The van der Waals surface area contributed by atoms with Gasteiger partial charge in [0.05, 0.1) is 18.6 Å². The molecular formula is C24H27NO3S. The predicted octanol–water partition coefficient (Wildman–Crippen LogP) is 4.43. The van der Waals surface area contributed by atoms with Gasteiger partial charge in [0.25, 0.3) is 5.17 Å². The van der Waals surface area contributed by atoms with E-state index in [1.807, 2.05) is 67.6 Å². The Balaban J connectivity index is 2.14. The lowest BCUT2D eigenvalue weighted by molar-refractivity contribution is -0.131. The zero-order valence-electron chi connectivity index (χ0n) is 17.0. The van der Waals surface area contributed by atoms with Gasteiger partial charge in [-0.2, -0.15) is 0 Å². The normalized spacial score (nSPS) is 19.6. The number of amides is 1. The second-order valence-electron chi connectivity index (χ2n) is 7.59. The van der Waals surface area contributed by atoms with E-state index in [1.165, 1.54) is 0 Å². The van der Waals surface area contributed by atoms with Gasteiger partial charge in [-0.05, 0) is 25.1 Å². The fourth-order valence-corrected chi connectivity index (χ4v) is 4.48. The van der Waals surface area contributed by atoms with Crippen LogP contribution in [0.2, 0.25) is 0 Å². The Morgan fingerprint density at radius 2 is 1.66 bits per heavy atom. The van der Waals surface area contributed by atoms with Gasteiger partial charge < -0.3 is 9.84 Å². The van der Waals surface area contributed by atoms with Crippen LogP contribution in [-0.4, -0.2) is 33.2 Å². The number of hydrogen-bond acceptors (Lipinski definition) is 4. The second-order valence-corrected chi connectivity index (χ2v) is 7.93. The molecule has 0 unspecified atom stereocenters. The molecule has 2 aromatic carbocycles. The smallest absolute Gasteiger partial charge is 0.267 e.